The van der Waals surface area contributed by atoms with E-state index in [4.69, 9.17) is 16.3 Å². The maximum atomic E-state index is 12.9. The molecule has 5 aromatic rings. The van der Waals surface area contributed by atoms with Crippen LogP contribution in [0.1, 0.15) is 16.7 Å². The monoisotopic (exact) mass is 563 g/mol. The number of fused-ring (bicyclic) bond motifs is 1. The minimum Gasteiger partial charge on any atom is -0.496 e. The number of carboxylic acid groups (broad SMARTS) is 1. The number of hydrogen-bond donors (Lipinski definition) is 2. The molecule has 2 aromatic heterocycles. The van der Waals surface area contributed by atoms with E-state index in [0.717, 1.165) is 22.3 Å². The highest BCUT2D eigenvalue weighted by atomic mass is 35.5. The molecule has 0 aliphatic carbocycles. The molecule has 202 valence electrons. The van der Waals surface area contributed by atoms with E-state index in [1.807, 2.05) is 42.5 Å². The van der Waals surface area contributed by atoms with Gasteiger partial charge in [0, 0.05) is 34.0 Å². The summed E-state index contributed by atoms with van der Waals surface area (Å²) in [5.74, 6) is -0.0822. The summed E-state index contributed by atoms with van der Waals surface area (Å²) in [6.45, 7) is 0. The van der Waals surface area contributed by atoms with Gasteiger partial charge in [-0.2, -0.15) is 5.10 Å². The lowest BCUT2D eigenvalue weighted by Crippen LogP contribution is -2.04. The fraction of sp³-hybridized carbons (Fsp3) is 0.0645. The van der Waals surface area contributed by atoms with Crippen molar-refractivity contribution in [3.05, 3.63) is 107 Å². The number of carbonyl (C=O) groups excluding carboxylic acids is 1. The van der Waals surface area contributed by atoms with Gasteiger partial charge in [-0.1, -0.05) is 41.9 Å². The number of aliphatic carboxylic acids is 1. The van der Waals surface area contributed by atoms with E-state index in [-0.39, 0.29) is 12.3 Å². The number of carbonyl (C=O) groups is 2. The molecule has 3 aromatic carbocycles. The highest BCUT2D eigenvalue weighted by molar-refractivity contribution is 6.38. The maximum absolute atomic E-state index is 12.9. The van der Waals surface area contributed by atoms with Crippen LogP contribution in [0.4, 0.5) is 5.69 Å². The van der Waals surface area contributed by atoms with Gasteiger partial charge in [0.15, 0.2) is 5.82 Å². The first-order chi connectivity index (χ1) is 19.9. The van der Waals surface area contributed by atoms with Crippen molar-refractivity contribution >= 4 is 40.8 Å². The van der Waals surface area contributed by atoms with Gasteiger partial charge < -0.3 is 15.2 Å². The molecule has 6 rings (SSSR count). The summed E-state index contributed by atoms with van der Waals surface area (Å²) in [6.07, 6.45) is 6.38. The molecule has 2 N–H and O–H groups in total. The first-order valence-electron chi connectivity index (χ1n) is 12.6. The number of carboxylic acids is 1. The third kappa shape index (κ3) is 5.18. The van der Waals surface area contributed by atoms with Crippen LogP contribution in [0.5, 0.6) is 5.75 Å². The highest BCUT2D eigenvalue weighted by Crippen LogP contribution is 2.41. The molecule has 10 heteroatoms. The first kappa shape index (κ1) is 26.0. The molecule has 0 unspecified atom stereocenters. The molecular weight excluding hydrogens is 542 g/mol. The molecule has 1 aliphatic rings. The van der Waals surface area contributed by atoms with Gasteiger partial charge in [0.05, 0.1) is 24.2 Å². The number of hydrogen-bond acceptors (Lipinski definition) is 6. The summed E-state index contributed by atoms with van der Waals surface area (Å²) in [6, 6.07) is 20.6. The van der Waals surface area contributed by atoms with Crippen LogP contribution in [0.15, 0.2) is 85.6 Å². The van der Waals surface area contributed by atoms with Gasteiger partial charge in [0.1, 0.15) is 18.4 Å². The number of ether oxygens (including phenoxy) is 1. The van der Waals surface area contributed by atoms with E-state index in [1.165, 1.54) is 13.4 Å². The van der Waals surface area contributed by atoms with Crippen LogP contribution in [0.3, 0.4) is 0 Å². The number of anilines is 1. The van der Waals surface area contributed by atoms with Crippen molar-refractivity contribution < 1.29 is 19.4 Å². The fourth-order valence-electron chi connectivity index (χ4n) is 4.79. The second kappa shape index (κ2) is 10.7. The number of pyridine rings is 1. The van der Waals surface area contributed by atoms with E-state index >= 15 is 0 Å². The number of halogens is 1. The van der Waals surface area contributed by atoms with Crippen LogP contribution in [0.25, 0.3) is 39.7 Å². The first-order valence-corrected chi connectivity index (χ1v) is 12.9. The van der Waals surface area contributed by atoms with E-state index < -0.39 is 5.97 Å². The summed E-state index contributed by atoms with van der Waals surface area (Å²) < 4.78 is 6.89. The van der Waals surface area contributed by atoms with Gasteiger partial charge >= 0.3 is 5.97 Å². The average Bonchev–Trinajstić information content (AvgIpc) is 3.61. The average molecular weight is 564 g/mol. The molecular formula is C31H22ClN5O4. The van der Waals surface area contributed by atoms with E-state index in [1.54, 1.807) is 47.5 Å². The van der Waals surface area contributed by atoms with Crippen molar-refractivity contribution in [2.75, 3.05) is 12.4 Å². The Morgan fingerprint density at radius 3 is 2.49 bits per heavy atom. The fourth-order valence-corrected chi connectivity index (χ4v) is 5.07. The van der Waals surface area contributed by atoms with Crippen molar-refractivity contribution in [2.24, 2.45) is 0 Å². The highest BCUT2D eigenvalue weighted by Gasteiger charge is 2.26. The lowest BCUT2D eigenvalue weighted by atomic mass is 9.96. The van der Waals surface area contributed by atoms with Crippen molar-refractivity contribution in [3.63, 3.8) is 0 Å². The molecule has 0 saturated carbocycles. The zero-order chi connectivity index (χ0) is 28.5. The Balaban J connectivity index is 1.31. The van der Waals surface area contributed by atoms with Gasteiger partial charge in [-0.25, -0.2) is 14.6 Å². The standard InChI is InChI=1S/C31H22ClN5O4/c1-41-28-8-2-18(10-22(28)12-30(38)39)11-25-24-13-23(26(32)14-27(24)36-31(25)40)20-5-3-19(4-6-20)21-7-9-29(34-15-21)37-17-33-16-35-37/h2-11,13-17H,12H2,1H3,(H,36,40)(H,38,39). The van der Waals surface area contributed by atoms with Crippen molar-refractivity contribution in [1.82, 2.24) is 19.7 Å². The third-order valence-corrected chi connectivity index (χ3v) is 7.09. The molecule has 0 saturated heterocycles. The molecule has 9 nitrogen and oxygen atoms in total. The number of nitrogens with one attached hydrogen (secondary N) is 1. The number of aromatic nitrogens is 4. The van der Waals surface area contributed by atoms with Crippen LogP contribution >= 0.6 is 11.6 Å². The Labute approximate surface area is 239 Å². The molecule has 1 aliphatic heterocycles. The molecule has 0 fully saturated rings. The van der Waals surface area contributed by atoms with Gasteiger partial charge in [-0.05, 0) is 59.2 Å². The second-order valence-electron chi connectivity index (χ2n) is 9.35. The minimum absolute atomic E-state index is 0.194. The van der Waals surface area contributed by atoms with Gasteiger partial charge in [0.2, 0.25) is 0 Å². The Bertz CT molecular complexity index is 1820. The SMILES string of the molecule is COc1ccc(C=C2C(=O)Nc3cc(Cl)c(-c4ccc(-c5ccc(-n6cncn6)nc5)cc4)cc32)cc1CC(=O)O. The maximum Gasteiger partial charge on any atom is 0.307 e. The number of rotatable bonds is 7. The van der Waals surface area contributed by atoms with Crippen LogP contribution in [-0.2, 0) is 16.0 Å². The van der Waals surface area contributed by atoms with Crippen molar-refractivity contribution in [2.45, 2.75) is 6.42 Å². The van der Waals surface area contributed by atoms with Crippen LogP contribution in [-0.4, -0.2) is 43.8 Å². The second-order valence-corrected chi connectivity index (χ2v) is 9.76. The normalized spacial score (nSPS) is 13.2. The number of nitrogens with zero attached hydrogens (tertiary/aromatic N) is 4. The molecule has 0 radical (unpaired) electrons. The van der Waals surface area contributed by atoms with E-state index in [0.29, 0.717) is 44.5 Å². The van der Waals surface area contributed by atoms with Crippen LogP contribution in [0, 0.1) is 0 Å². The third-order valence-electron chi connectivity index (χ3n) is 6.78. The molecule has 0 bridgehead atoms. The number of methoxy groups -OCH3 is 1. The Morgan fingerprint density at radius 2 is 1.80 bits per heavy atom. The summed E-state index contributed by atoms with van der Waals surface area (Å²) >= 11 is 6.66. The van der Waals surface area contributed by atoms with Crippen LogP contribution < -0.4 is 10.1 Å². The quantitative estimate of drug-likeness (QED) is 0.241. The molecule has 3 heterocycles. The Kier molecular flexibility index (Phi) is 6.78. The summed E-state index contributed by atoms with van der Waals surface area (Å²) in [4.78, 5) is 32.7. The predicted molar refractivity (Wildman–Crippen MR) is 156 cm³/mol. The Morgan fingerprint density at radius 1 is 1.02 bits per heavy atom. The lowest BCUT2D eigenvalue weighted by molar-refractivity contribution is -0.136. The number of benzene rings is 3. The lowest BCUT2D eigenvalue weighted by Gasteiger charge is -2.10. The minimum atomic E-state index is -0.970. The van der Waals surface area contributed by atoms with E-state index in [2.05, 4.69) is 20.4 Å². The van der Waals surface area contributed by atoms with Crippen molar-refractivity contribution in [1.29, 1.82) is 0 Å². The zero-order valence-electron chi connectivity index (χ0n) is 21.7. The molecule has 0 spiro atoms. The predicted octanol–water partition coefficient (Wildman–Crippen LogP) is 5.78. The Hall–Kier alpha value is -5.28. The summed E-state index contributed by atoms with van der Waals surface area (Å²) in [7, 11) is 1.49. The topological polar surface area (TPSA) is 119 Å². The molecule has 0 atom stereocenters. The largest absolute Gasteiger partial charge is 0.496 e. The van der Waals surface area contributed by atoms with Crippen molar-refractivity contribution in [3.8, 4) is 33.8 Å². The van der Waals surface area contributed by atoms with E-state index in [9.17, 15) is 14.7 Å². The van der Waals surface area contributed by atoms with Gasteiger partial charge in [0.25, 0.3) is 5.91 Å². The summed E-state index contributed by atoms with van der Waals surface area (Å²) in [5, 5.41) is 16.7. The van der Waals surface area contributed by atoms with Gasteiger partial charge in [-0.15, -0.1) is 0 Å². The van der Waals surface area contributed by atoms with Gasteiger partial charge in [-0.3, -0.25) is 9.59 Å². The molecule has 1 amide bonds. The van der Waals surface area contributed by atoms with Crippen LogP contribution in [0.2, 0.25) is 5.02 Å². The summed E-state index contributed by atoms with van der Waals surface area (Å²) in [5.41, 5.74) is 6.59. The molecule has 41 heavy (non-hydrogen) atoms. The smallest absolute Gasteiger partial charge is 0.307 e. The number of amides is 1. The zero-order valence-corrected chi connectivity index (χ0v) is 22.5.